The summed E-state index contributed by atoms with van der Waals surface area (Å²) in [6.45, 7) is 4.48. The second kappa shape index (κ2) is 6.50. The average Bonchev–Trinajstić information content (AvgIpc) is 3.09. The van der Waals surface area contributed by atoms with Crippen LogP contribution < -0.4 is 5.11 Å². The standard InChI is InChI=1S/C18H23NO2S/c1-19(11-13-21-14-12-19)10-9-18(20,17-8-5-15-22-17)16-6-3-2-4-7-16/h2-8,15H,9-14H2,1H3. The van der Waals surface area contributed by atoms with Gasteiger partial charge in [0.05, 0.1) is 26.8 Å². The number of likely N-dealkylation sites (N-methyl/N-ethyl adjacent to an activating group) is 1. The van der Waals surface area contributed by atoms with Gasteiger partial charge in [0, 0.05) is 0 Å². The molecule has 118 valence electrons. The highest BCUT2D eigenvalue weighted by Gasteiger charge is 2.30. The van der Waals surface area contributed by atoms with Gasteiger partial charge in [-0.15, -0.1) is 11.3 Å². The largest absolute Gasteiger partial charge is 0.842 e. The van der Waals surface area contributed by atoms with Crippen molar-refractivity contribution in [2.24, 2.45) is 0 Å². The van der Waals surface area contributed by atoms with E-state index >= 15 is 0 Å². The van der Waals surface area contributed by atoms with Crippen LogP contribution in [0.25, 0.3) is 0 Å². The van der Waals surface area contributed by atoms with Crippen LogP contribution in [-0.2, 0) is 10.3 Å². The number of benzene rings is 1. The summed E-state index contributed by atoms with van der Waals surface area (Å²) in [6.07, 6.45) is 0.619. The normalized spacial score (nSPS) is 20.5. The topological polar surface area (TPSA) is 32.3 Å². The van der Waals surface area contributed by atoms with Crippen LogP contribution in [0, 0.1) is 0 Å². The molecule has 4 heteroatoms. The molecule has 0 amide bonds. The van der Waals surface area contributed by atoms with Gasteiger partial charge in [-0.2, -0.15) is 0 Å². The van der Waals surface area contributed by atoms with Gasteiger partial charge >= 0.3 is 0 Å². The molecule has 0 saturated carbocycles. The molecule has 0 N–H and O–H groups in total. The molecule has 1 fully saturated rings. The van der Waals surface area contributed by atoms with Gasteiger partial charge in [0.25, 0.3) is 0 Å². The molecule has 1 unspecified atom stereocenters. The van der Waals surface area contributed by atoms with Crippen molar-refractivity contribution in [1.82, 2.24) is 0 Å². The maximum Gasteiger partial charge on any atom is 0.102 e. The van der Waals surface area contributed by atoms with Gasteiger partial charge < -0.3 is 14.3 Å². The predicted octanol–water partition coefficient (Wildman–Crippen LogP) is 2.22. The fourth-order valence-electron chi connectivity index (χ4n) is 3.06. The van der Waals surface area contributed by atoms with Gasteiger partial charge in [-0.3, -0.25) is 0 Å². The van der Waals surface area contributed by atoms with Crippen LogP contribution in [0.3, 0.4) is 0 Å². The van der Waals surface area contributed by atoms with E-state index in [0.29, 0.717) is 6.42 Å². The SMILES string of the molecule is C[N+]1(CCC([O-])(c2ccccc2)c2cccs2)CCOCC1. The first-order chi connectivity index (χ1) is 10.6. The first kappa shape index (κ1) is 15.7. The molecule has 2 aromatic rings. The number of quaternary nitrogens is 1. The van der Waals surface area contributed by atoms with Crippen LogP contribution >= 0.6 is 11.3 Å². The van der Waals surface area contributed by atoms with E-state index in [9.17, 15) is 5.11 Å². The van der Waals surface area contributed by atoms with Gasteiger partial charge in [-0.25, -0.2) is 0 Å². The molecule has 0 bridgehead atoms. The third kappa shape index (κ3) is 3.25. The molecule has 0 radical (unpaired) electrons. The zero-order chi connectivity index (χ0) is 15.5. The molecule has 1 aromatic carbocycles. The van der Waals surface area contributed by atoms with E-state index in [1.807, 2.05) is 47.8 Å². The van der Waals surface area contributed by atoms with Crippen molar-refractivity contribution in [3.63, 3.8) is 0 Å². The minimum atomic E-state index is -1.14. The lowest BCUT2D eigenvalue weighted by Crippen LogP contribution is -2.55. The lowest BCUT2D eigenvalue weighted by atomic mass is 9.88. The van der Waals surface area contributed by atoms with Crippen molar-refractivity contribution in [1.29, 1.82) is 0 Å². The van der Waals surface area contributed by atoms with Crippen LogP contribution in [0.1, 0.15) is 16.9 Å². The Kier molecular flexibility index (Phi) is 4.64. The summed E-state index contributed by atoms with van der Waals surface area (Å²) >= 11 is 1.57. The summed E-state index contributed by atoms with van der Waals surface area (Å²) in [6, 6.07) is 13.8. The number of thiophene rings is 1. The van der Waals surface area contributed by atoms with Crippen LogP contribution in [0.5, 0.6) is 0 Å². The Balaban J connectivity index is 1.84. The van der Waals surface area contributed by atoms with E-state index in [1.165, 1.54) is 0 Å². The van der Waals surface area contributed by atoms with Crippen LogP contribution in [-0.4, -0.2) is 44.4 Å². The molecule has 1 saturated heterocycles. The van der Waals surface area contributed by atoms with E-state index < -0.39 is 5.60 Å². The van der Waals surface area contributed by atoms with E-state index in [1.54, 1.807) is 11.3 Å². The summed E-state index contributed by atoms with van der Waals surface area (Å²) in [5.41, 5.74) is -0.271. The predicted molar refractivity (Wildman–Crippen MR) is 87.8 cm³/mol. The molecule has 0 aliphatic carbocycles. The summed E-state index contributed by atoms with van der Waals surface area (Å²) in [7, 11) is 2.24. The maximum absolute atomic E-state index is 13.7. The number of morpholine rings is 1. The average molecular weight is 317 g/mol. The van der Waals surface area contributed by atoms with Crippen molar-refractivity contribution in [2.75, 3.05) is 39.9 Å². The Labute approximate surface area is 136 Å². The van der Waals surface area contributed by atoms with Crippen molar-refractivity contribution < 1.29 is 14.3 Å². The van der Waals surface area contributed by atoms with E-state index in [4.69, 9.17) is 4.74 Å². The molecule has 2 heterocycles. The molecular formula is C18H23NO2S. The highest BCUT2D eigenvalue weighted by atomic mass is 32.1. The fourth-order valence-corrected chi connectivity index (χ4v) is 3.93. The van der Waals surface area contributed by atoms with E-state index in [0.717, 1.165) is 47.8 Å². The lowest BCUT2D eigenvalue weighted by Gasteiger charge is -2.45. The van der Waals surface area contributed by atoms with Crippen LogP contribution in [0.2, 0.25) is 0 Å². The van der Waals surface area contributed by atoms with Crippen LogP contribution in [0.4, 0.5) is 0 Å². The monoisotopic (exact) mass is 317 g/mol. The number of nitrogens with zero attached hydrogens (tertiary/aromatic N) is 1. The smallest absolute Gasteiger partial charge is 0.102 e. The number of rotatable bonds is 5. The molecule has 3 rings (SSSR count). The molecular weight excluding hydrogens is 294 g/mol. The molecule has 1 aliphatic rings. The quantitative estimate of drug-likeness (QED) is 0.792. The number of hydrogen-bond donors (Lipinski definition) is 0. The number of ether oxygens (including phenoxy) is 1. The first-order valence-electron chi connectivity index (χ1n) is 7.84. The van der Waals surface area contributed by atoms with Gasteiger partial charge in [0.2, 0.25) is 0 Å². The highest BCUT2D eigenvalue weighted by molar-refractivity contribution is 7.10. The van der Waals surface area contributed by atoms with Gasteiger partial charge in [0.15, 0.2) is 0 Å². The van der Waals surface area contributed by atoms with Crippen molar-refractivity contribution >= 4 is 11.3 Å². The minimum Gasteiger partial charge on any atom is -0.842 e. The third-order valence-electron chi connectivity index (χ3n) is 4.71. The lowest BCUT2D eigenvalue weighted by molar-refractivity contribution is -0.918. The zero-order valence-electron chi connectivity index (χ0n) is 13.0. The summed E-state index contributed by atoms with van der Waals surface area (Å²) in [5.74, 6) is 0. The molecule has 3 nitrogen and oxygen atoms in total. The summed E-state index contributed by atoms with van der Waals surface area (Å²) in [5, 5.41) is 15.7. The van der Waals surface area contributed by atoms with Gasteiger partial charge in [0.1, 0.15) is 13.1 Å². The second-order valence-corrected chi connectivity index (χ2v) is 7.27. The Bertz CT molecular complexity index is 578. The Morgan fingerprint density at radius 3 is 2.50 bits per heavy atom. The minimum absolute atomic E-state index is 0.619. The molecule has 1 aliphatic heterocycles. The molecule has 1 aromatic heterocycles. The summed E-state index contributed by atoms with van der Waals surface area (Å²) in [4.78, 5) is 0.915. The maximum atomic E-state index is 13.7. The molecule has 1 atom stereocenters. The summed E-state index contributed by atoms with van der Waals surface area (Å²) < 4.78 is 6.39. The van der Waals surface area contributed by atoms with E-state index in [-0.39, 0.29) is 0 Å². The van der Waals surface area contributed by atoms with Gasteiger partial charge in [-0.1, -0.05) is 42.0 Å². The fraction of sp³-hybridized carbons (Fsp3) is 0.444. The molecule has 22 heavy (non-hydrogen) atoms. The van der Waals surface area contributed by atoms with Crippen LogP contribution in [0.15, 0.2) is 47.8 Å². The molecule has 0 spiro atoms. The highest BCUT2D eigenvalue weighted by Crippen LogP contribution is 2.34. The van der Waals surface area contributed by atoms with Gasteiger partial charge in [-0.05, 0) is 28.3 Å². The Morgan fingerprint density at radius 1 is 1.14 bits per heavy atom. The van der Waals surface area contributed by atoms with Crippen molar-refractivity contribution in [3.05, 3.63) is 58.3 Å². The Morgan fingerprint density at radius 2 is 1.86 bits per heavy atom. The zero-order valence-corrected chi connectivity index (χ0v) is 13.8. The second-order valence-electron chi connectivity index (χ2n) is 6.32. The Hall–Kier alpha value is -1.20. The van der Waals surface area contributed by atoms with Crippen molar-refractivity contribution in [2.45, 2.75) is 12.0 Å². The van der Waals surface area contributed by atoms with E-state index in [2.05, 4.69) is 7.05 Å². The van der Waals surface area contributed by atoms with Crippen molar-refractivity contribution in [3.8, 4) is 0 Å². The third-order valence-corrected chi connectivity index (χ3v) is 5.73. The number of hydrogen-bond acceptors (Lipinski definition) is 3. The first-order valence-corrected chi connectivity index (χ1v) is 8.72.